The minimum atomic E-state index is 0. The molecule has 0 aliphatic rings. The molecule has 2 aromatic rings. The van der Waals surface area contributed by atoms with Crippen molar-refractivity contribution in [1.29, 1.82) is 0 Å². The third kappa shape index (κ3) is 5.59. The van der Waals surface area contributed by atoms with Crippen molar-refractivity contribution in [2.45, 2.75) is 39.0 Å². The number of aromatic nitrogens is 2. The Kier molecular flexibility index (Phi) is 8.46. The van der Waals surface area contributed by atoms with Crippen LogP contribution in [-0.4, -0.2) is 51.2 Å². The second-order valence-electron chi connectivity index (χ2n) is 5.29. The molecule has 0 aliphatic carbocycles. The van der Waals surface area contributed by atoms with E-state index in [2.05, 4.69) is 46.5 Å². The van der Waals surface area contributed by atoms with Crippen molar-refractivity contribution in [3.8, 4) is 5.75 Å². The van der Waals surface area contributed by atoms with Crippen LogP contribution in [0.5, 0.6) is 5.75 Å². The molecule has 1 radical (unpaired) electrons. The molecule has 0 fully saturated rings. The number of aromatic hydroxyl groups is 1. The van der Waals surface area contributed by atoms with E-state index in [0.717, 1.165) is 13.0 Å². The van der Waals surface area contributed by atoms with Gasteiger partial charge in [0.25, 0.3) is 0 Å². The predicted molar refractivity (Wildman–Crippen MR) is 91.4 cm³/mol. The van der Waals surface area contributed by atoms with Crippen LogP contribution in [0.3, 0.4) is 0 Å². The van der Waals surface area contributed by atoms with E-state index in [-0.39, 0.29) is 35.3 Å². The molecule has 0 spiro atoms. The van der Waals surface area contributed by atoms with Crippen molar-refractivity contribution in [2.75, 3.05) is 11.9 Å². The van der Waals surface area contributed by atoms with Crippen molar-refractivity contribution < 1.29 is 5.11 Å². The van der Waals surface area contributed by atoms with Crippen LogP contribution in [0.4, 0.5) is 5.95 Å². The van der Waals surface area contributed by atoms with Gasteiger partial charge in [0.2, 0.25) is 5.95 Å². The number of unbranched alkanes of at least 4 members (excludes halogenated alkanes) is 1. The third-order valence-corrected chi connectivity index (χ3v) is 3.64. The van der Waals surface area contributed by atoms with E-state index in [1.807, 2.05) is 6.07 Å². The molecule has 4 nitrogen and oxygen atoms in total. The van der Waals surface area contributed by atoms with E-state index in [1.54, 1.807) is 6.92 Å². The van der Waals surface area contributed by atoms with E-state index in [1.165, 1.54) is 24.6 Å². The monoisotopic (exact) mass is 308 g/mol. The van der Waals surface area contributed by atoms with Crippen LogP contribution < -0.4 is 5.32 Å². The summed E-state index contributed by atoms with van der Waals surface area (Å²) >= 11 is 0. The van der Waals surface area contributed by atoms with Crippen LogP contribution in [0.15, 0.2) is 36.5 Å². The topological polar surface area (TPSA) is 58.0 Å². The summed E-state index contributed by atoms with van der Waals surface area (Å²) in [5.74, 6) is 1.15. The molecule has 0 amide bonds. The standard InChI is InChI=1S/C17H23N3O.Na/c1-3-4-8-15(14-9-6-5-7-10-14)11-18-17-19-12-16(21)13(2)20-17;/h5-7,9-10,12,15,21H,3-4,8,11H2,1-2H3,(H,18,19,20);. The first-order valence-corrected chi connectivity index (χ1v) is 7.52. The van der Waals surface area contributed by atoms with Crippen LogP contribution >= 0.6 is 0 Å². The summed E-state index contributed by atoms with van der Waals surface area (Å²) in [5, 5.41) is 12.7. The van der Waals surface area contributed by atoms with Crippen LogP contribution in [0.1, 0.15) is 43.4 Å². The fraction of sp³-hybridized carbons (Fsp3) is 0.412. The van der Waals surface area contributed by atoms with E-state index in [0.29, 0.717) is 17.6 Å². The summed E-state index contributed by atoms with van der Waals surface area (Å²) < 4.78 is 0. The summed E-state index contributed by atoms with van der Waals surface area (Å²) in [7, 11) is 0. The molecule has 22 heavy (non-hydrogen) atoms. The smallest absolute Gasteiger partial charge is 0.223 e. The molecular weight excluding hydrogens is 285 g/mol. The minimum Gasteiger partial charge on any atom is -0.504 e. The van der Waals surface area contributed by atoms with E-state index >= 15 is 0 Å². The average molecular weight is 308 g/mol. The van der Waals surface area contributed by atoms with Crippen molar-refractivity contribution in [3.05, 3.63) is 47.8 Å². The first kappa shape index (κ1) is 18.9. The summed E-state index contributed by atoms with van der Waals surface area (Å²) in [6, 6.07) is 10.5. The maximum Gasteiger partial charge on any atom is 0.223 e. The first-order chi connectivity index (χ1) is 10.2. The molecule has 2 rings (SSSR count). The summed E-state index contributed by atoms with van der Waals surface area (Å²) in [4.78, 5) is 8.36. The number of hydrogen-bond donors (Lipinski definition) is 2. The van der Waals surface area contributed by atoms with Crippen molar-refractivity contribution in [2.24, 2.45) is 0 Å². The van der Waals surface area contributed by atoms with Crippen molar-refractivity contribution in [3.63, 3.8) is 0 Å². The van der Waals surface area contributed by atoms with Gasteiger partial charge >= 0.3 is 0 Å². The third-order valence-electron chi connectivity index (χ3n) is 3.64. The number of hydrogen-bond acceptors (Lipinski definition) is 4. The van der Waals surface area contributed by atoms with Gasteiger partial charge in [-0.05, 0) is 18.9 Å². The molecule has 0 aliphatic heterocycles. The number of rotatable bonds is 7. The Morgan fingerprint density at radius 1 is 1.23 bits per heavy atom. The molecule has 1 aromatic heterocycles. The number of nitrogens with zero attached hydrogens (tertiary/aromatic N) is 2. The van der Waals surface area contributed by atoms with Crippen molar-refractivity contribution >= 4 is 35.5 Å². The van der Waals surface area contributed by atoms with Crippen molar-refractivity contribution in [1.82, 2.24) is 9.97 Å². The number of nitrogens with one attached hydrogen (secondary N) is 1. The van der Waals surface area contributed by atoms with Gasteiger partial charge in [0.1, 0.15) is 0 Å². The zero-order chi connectivity index (χ0) is 15.1. The second kappa shape index (κ2) is 9.82. The Bertz CT molecular complexity index is 563. The number of aryl methyl sites for hydroxylation is 1. The largest absolute Gasteiger partial charge is 0.504 e. The van der Waals surface area contributed by atoms with Crippen LogP contribution in [0.25, 0.3) is 0 Å². The zero-order valence-corrected chi connectivity index (χ0v) is 15.7. The van der Waals surface area contributed by atoms with Crippen LogP contribution in [-0.2, 0) is 0 Å². The Morgan fingerprint density at radius 2 is 1.95 bits per heavy atom. The summed E-state index contributed by atoms with van der Waals surface area (Å²) in [5.41, 5.74) is 1.94. The van der Waals surface area contributed by atoms with Gasteiger partial charge < -0.3 is 10.4 Å². The SMILES string of the molecule is CCCCC(CNc1ncc(O)c(C)n1)c1ccccc1.[Na]. The molecule has 1 atom stereocenters. The normalized spacial score (nSPS) is 11.5. The fourth-order valence-corrected chi connectivity index (χ4v) is 2.32. The molecule has 1 heterocycles. The molecule has 0 saturated heterocycles. The first-order valence-electron chi connectivity index (χ1n) is 7.52. The van der Waals surface area contributed by atoms with Gasteiger partial charge in [0, 0.05) is 42.0 Å². The molecule has 0 saturated carbocycles. The van der Waals surface area contributed by atoms with Gasteiger partial charge in [-0.3, -0.25) is 0 Å². The molecule has 5 heteroatoms. The Balaban J connectivity index is 0.00000242. The molecule has 2 N–H and O–H groups in total. The summed E-state index contributed by atoms with van der Waals surface area (Å²) in [6.45, 7) is 4.78. The van der Waals surface area contributed by atoms with Gasteiger partial charge in [-0.25, -0.2) is 9.97 Å². The molecule has 1 aromatic carbocycles. The number of benzene rings is 1. The van der Waals surface area contributed by atoms with Gasteiger partial charge in [-0.2, -0.15) is 0 Å². The van der Waals surface area contributed by atoms with Gasteiger partial charge in [-0.1, -0.05) is 50.1 Å². The molecular formula is C17H23N3NaO. The van der Waals surface area contributed by atoms with E-state index in [4.69, 9.17) is 0 Å². The van der Waals surface area contributed by atoms with E-state index in [9.17, 15) is 5.11 Å². The molecule has 1 unspecified atom stereocenters. The maximum absolute atomic E-state index is 9.46. The minimum absolute atomic E-state index is 0. The second-order valence-corrected chi connectivity index (χ2v) is 5.29. The maximum atomic E-state index is 9.46. The predicted octanol–water partition coefficient (Wildman–Crippen LogP) is 3.50. The summed E-state index contributed by atoms with van der Waals surface area (Å²) in [6.07, 6.45) is 4.98. The Labute approximate surface area is 154 Å². The zero-order valence-electron chi connectivity index (χ0n) is 13.7. The van der Waals surface area contributed by atoms with Crippen LogP contribution in [0, 0.1) is 6.92 Å². The molecule has 113 valence electrons. The van der Waals surface area contributed by atoms with E-state index < -0.39 is 0 Å². The van der Waals surface area contributed by atoms with Gasteiger partial charge in [0.15, 0.2) is 5.75 Å². The Morgan fingerprint density at radius 3 is 2.59 bits per heavy atom. The van der Waals surface area contributed by atoms with Gasteiger partial charge in [-0.15, -0.1) is 0 Å². The van der Waals surface area contributed by atoms with Gasteiger partial charge in [0.05, 0.1) is 11.9 Å². The average Bonchev–Trinajstić information content (AvgIpc) is 2.51. The number of anilines is 1. The quantitative estimate of drug-likeness (QED) is 0.769. The fourth-order valence-electron chi connectivity index (χ4n) is 2.32. The van der Waals surface area contributed by atoms with Crippen LogP contribution in [0.2, 0.25) is 0 Å². The Hall–Kier alpha value is -1.10. The molecule has 0 bridgehead atoms.